The Kier molecular flexibility index (Phi) is 3.48. The van der Waals surface area contributed by atoms with Gasteiger partial charge in [-0.3, -0.25) is 14.9 Å². The van der Waals surface area contributed by atoms with E-state index in [9.17, 15) is 9.59 Å². The smallest absolute Gasteiger partial charge is 0.235 e. The van der Waals surface area contributed by atoms with E-state index in [2.05, 4.69) is 39.3 Å². The van der Waals surface area contributed by atoms with Gasteiger partial charge in [-0.2, -0.15) is 0 Å². The number of aryl methyl sites for hydroxylation is 2. The third kappa shape index (κ3) is 2.40. The number of carbonyl (C=O) groups excluding carboxylic acids is 2. The number of carbonyl (C=O) groups is 2. The van der Waals surface area contributed by atoms with Gasteiger partial charge in [0.05, 0.1) is 17.4 Å². The Labute approximate surface area is 167 Å². The number of imide groups is 1. The van der Waals surface area contributed by atoms with Gasteiger partial charge in [-0.1, -0.05) is 36.4 Å². The maximum atomic E-state index is 12.8. The summed E-state index contributed by atoms with van der Waals surface area (Å²) in [5.74, 6) is -1.23. The number of rotatable bonds is 3. The summed E-state index contributed by atoms with van der Waals surface area (Å²) in [7, 11) is 0. The molecule has 4 heterocycles. The highest BCUT2D eigenvalue weighted by atomic mass is 16.2. The normalized spacial score (nSPS) is 21.2. The molecule has 29 heavy (non-hydrogen) atoms. The Morgan fingerprint density at radius 3 is 2.79 bits per heavy atom. The molecule has 2 N–H and O–H groups in total. The first kappa shape index (κ1) is 16.6. The van der Waals surface area contributed by atoms with Crippen LogP contribution in [0.5, 0.6) is 0 Å². The number of hydrogen-bond acceptors (Lipinski definition) is 2. The van der Waals surface area contributed by atoms with E-state index >= 15 is 0 Å². The van der Waals surface area contributed by atoms with Crippen molar-refractivity contribution >= 4 is 33.6 Å². The summed E-state index contributed by atoms with van der Waals surface area (Å²) in [5, 5.41) is 4.81. The largest absolute Gasteiger partial charge is 0.361 e. The Morgan fingerprint density at radius 1 is 1.00 bits per heavy atom. The summed E-state index contributed by atoms with van der Waals surface area (Å²) in [6.07, 6.45) is 6.88. The summed E-state index contributed by atoms with van der Waals surface area (Å²) in [4.78, 5) is 28.8. The fourth-order valence-electron chi connectivity index (χ4n) is 5.28. The van der Waals surface area contributed by atoms with Gasteiger partial charge < -0.3 is 9.55 Å². The molecule has 0 radical (unpaired) electrons. The van der Waals surface area contributed by atoms with Crippen molar-refractivity contribution in [3.05, 3.63) is 71.5 Å². The maximum absolute atomic E-state index is 12.8. The molecule has 1 saturated heterocycles. The molecule has 2 amide bonds. The second kappa shape index (κ2) is 6.08. The summed E-state index contributed by atoms with van der Waals surface area (Å²) in [6.45, 7) is 1.01. The lowest BCUT2D eigenvalue weighted by Gasteiger charge is -2.15. The number of aromatic amines is 1. The SMILES string of the molecule is O=C1NC(=O)[C@H](c2c[nH]c3ccccc23)C1Cc1cn2c3c(cccc13)CCC2. The number of nitrogens with zero attached hydrogens (tertiary/aromatic N) is 1. The molecule has 2 aromatic carbocycles. The molecule has 6 rings (SSSR count). The maximum Gasteiger partial charge on any atom is 0.235 e. The number of nitrogens with one attached hydrogen (secondary N) is 2. The number of para-hydroxylation sites is 2. The highest BCUT2D eigenvalue weighted by Crippen LogP contribution is 2.38. The zero-order valence-electron chi connectivity index (χ0n) is 15.9. The van der Waals surface area contributed by atoms with Crippen molar-refractivity contribution < 1.29 is 9.59 Å². The van der Waals surface area contributed by atoms with Gasteiger partial charge in [0.1, 0.15) is 0 Å². The van der Waals surface area contributed by atoms with Crippen LogP contribution >= 0.6 is 0 Å². The van der Waals surface area contributed by atoms with Crippen LogP contribution in [-0.2, 0) is 29.0 Å². The molecule has 1 unspecified atom stereocenters. The van der Waals surface area contributed by atoms with E-state index in [1.807, 2.05) is 30.5 Å². The molecule has 0 spiro atoms. The molecule has 5 nitrogen and oxygen atoms in total. The molecule has 2 aliphatic heterocycles. The Morgan fingerprint density at radius 2 is 1.86 bits per heavy atom. The number of hydrogen-bond donors (Lipinski definition) is 2. The van der Waals surface area contributed by atoms with Gasteiger partial charge >= 0.3 is 0 Å². The minimum atomic E-state index is -0.467. The molecule has 144 valence electrons. The first-order valence-corrected chi connectivity index (χ1v) is 10.2. The molecule has 0 aliphatic carbocycles. The van der Waals surface area contributed by atoms with Crippen LogP contribution in [0.1, 0.15) is 29.0 Å². The fraction of sp³-hybridized carbons (Fsp3) is 0.250. The summed E-state index contributed by atoms with van der Waals surface area (Å²) in [5.41, 5.74) is 5.72. The van der Waals surface area contributed by atoms with Gasteiger partial charge in [0, 0.05) is 35.2 Å². The molecule has 0 bridgehead atoms. The highest BCUT2D eigenvalue weighted by Gasteiger charge is 2.43. The van der Waals surface area contributed by atoms with E-state index in [0.29, 0.717) is 6.42 Å². The number of H-pyrrole nitrogens is 1. The third-order valence-electron chi connectivity index (χ3n) is 6.57. The van der Waals surface area contributed by atoms with Crippen molar-refractivity contribution in [2.75, 3.05) is 0 Å². The fourth-order valence-corrected chi connectivity index (χ4v) is 5.28. The minimum Gasteiger partial charge on any atom is -0.361 e. The van der Waals surface area contributed by atoms with Crippen LogP contribution in [0, 0.1) is 5.92 Å². The standard InChI is InChI=1S/C24H21N3O2/c28-23-18(11-15-13-27-10-4-6-14-5-3-8-16(15)22(14)27)21(24(29)26-23)19-12-25-20-9-2-1-7-17(19)20/h1-3,5,7-9,12-13,18,21,25H,4,6,10-11H2,(H,26,28,29)/t18?,21-/m0/s1. The minimum absolute atomic E-state index is 0.169. The molecule has 4 aromatic rings. The van der Waals surface area contributed by atoms with E-state index < -0.39 is 11.8 Å². The molecule has 2 aliphatic rings. The molecule has 1 fully saturated rings. The second-order valence-corrected chi connectivity index (χ2v) is 8.20. The zero-order chi connectivity index (χ0) is 19.5. The number of aromatic nitrogens is 2. The van der Waals surface area contributed by atoms with Gasteiger partial charge in [0.15, 0.2) is 0 Å². The highest BCUT2D eigenvalue weighted by molar-refractivity contribution is 6.09. The lowest BCUT2D eigenvalue weighted by Crippen LogP contribution is -2.22. The Hall–Kier alpha value is -3.34. The quantitative estimate of drug-likeness (QED) is 0.530. The molecule has 2 aromatic heterocycles. The van der Waals surface area contributed by atoms with Crippen molar-refractivity contribution in [1.82, 2.24) is 14.9 Å². The van der Waals surface area contributed by atoms with E-state index in [-0.39, 0.29) is 11.8 Å². The summed E-state index contributed by atoms with van der Waals surface area (Å²) in [6, 6.07) is 14.4. The van der Waals surface area contributed by atoms with E-state index in [1.165, 1.54) is 16.5 Å². The van der Waals surface area contributed by atoms with Crippen molar-refractivity contribution in [2.24, 2.45) is 5.92 Å². The Bertz CT molecular complexity index is 1300. The van der Waals surface area contributed by atoms with Gasteiger partial charge in [-0.05, 0) is 42.0 Å². The monoisotopic (exact) mass is 383 g/mol. The first-order valence-electron chi connectivity index (χ1n) is 10.2. The first-order chi connectivity index (χ1) is 14.2. The third-order valence-corrected chi connectivity index (χ3v) is 6.57. The van der Waals surface area contributed by atoms with Gasteiger partial charge in [0.2, 0.25) is 11.8 Å². The van der Waals surface area contributed by atoms with Crippen LogP contribution in [0.2, 0.25) is 0 Å². The van der Waals surface area contributed by atoms with Crippen molar-refractivity contribution in [3.63, 3.8) is 0 Å². The average Bonchev–Trinajstić information content (AvgIpc) is 3.38. The lowest BCUT2D eigenvalue weighted by atomic mass is 9.83. The second-order valence-electron chi connectivity index (χ2n) is 8.20. The van der Waals surface area contributed by atoms with E-state index in [0.717, 1.165) is 41.4 Å². The predicted octanol–water partition coefficient (Wildman–Crippen LogP) is 3.67. The molecular weight excluding hydrogens is 362 g/mol. The number of amides is 2. The van der Waals surface area contributed by atoms with Crippen LogP contribution in [0.4, 0.5) is 0 Å². The summed E-state index contributed by atoms with van der Waals surface area (Å²) < 4.78 is 2.32. The molecular formula is C24H21N3O2. The molecule has 5 heteroatoms. The number of fused-ring (bicyclic) bond motifs is 1. The van der Waals surface area contributed by atoms with E-state index in [4.69, 9.17) is 0 Å². The zero-order valence-corrected chi connectivity index (χ0v) is 15.9. The van der Waals surface area contributed by atoms with Gasteiger partial charge in [-0.25, -0.2) is 0 Å². The van der Waals surface area contributed by atoms with Crippen molar-refractivity contribution in [2.45, 2.75) is 31.7 Å². The summed E-state index contributed by atoms with van der Waals surface area (Å²) >= 11 is 0. The van der Waals surface area contributed by atoms with Crippen LogP contribution in [0.15, 0.2) is 54.9 Å². The van der Waals surface area contributed by atoms with Gasteiger partial charge in [-0.15, -0.1) is 0 Å². The van der Waals surface area contributed by atoms with Crippen molar-refractivity contribution in [3.8, 4) is 0 Å². The molecule has 0 saturated carbocycles. The van der Waals surface area contributed by atoms with Gasteiger partial charge in [0.25, 0.3) is 0 Å². The van der Waals surface area contributed by atoms with Crippen LogP contribution < -0.4 is 5.32 Å². The van der Waals surface area contributed by atoms with Crippen molar-refractivity contribution in [1.29, 1.82) is 0 Å². The van der Waals surface area contributed by atoms with E-state index in [1.54, 1.807) is 0 Å². The Balaban J connectivity index is 1.45. The number of benzene rings is 2. The lowest BCUT2D eigenvalue weighted by molar-refractivity contribution is -0.125. The molecule has 2 atom stereocenters. The van der Waals surface area contributed by atoms with Crippen LogP contribution in [0.3, 0.4) is 0 Å². The average molecular weight is 383 g/mol. The van der Waals surface area contributed by atoms with Crippen LogP contribution in [0.25, 0.3) is 21.8 Å². The van der Waals surface area contributed by atoms with Crippen LogP contribution in [-0.4, -0.2) is 21.4 Å². The topological polar surface area (TPSA) is 66.9 Å². The predicted molar refractivity (Wildman–Crippen MR) is 112 cm³/mol.